The van der Waals surface area contributed by atoms with E-state index in [0.717, 1.165) is 31.4 Å². The molecule has 0 unspecified atom stereocenters. The predicted molar refractivity (Wildman–Crippen MR) is 71.8 cm³/mol. The smallest absolute Gasteiger partial charge is 0.170 e. The van der Waals surface area contributed by atoms with E-state index in [9.17, 15) is 4.79 Å². The minimum atomic E-state index is -0.581. The van der Waals surface area contributed by atoms with Crippen molar-refractivity contribution >= 4 is 5.78 Å². The molecule has 5 heteroatoms. The van der Waals surface area contributed by atoms with E-state index in [-0.39, 0.29) is 5.78 Å². The van der Waals surface area contributed by atoms with Crippen LogP contribution >= 0.6 is 0 Å². The van der Waals surface area contributed by atoms with Gasteiger partial charge in [0.15, 0.2) is 5.78 Å². The van der Waals surface area contributed by atoms with Crippen molar-refractivity contribution < 1.29 is 9.53 Å². The fourth-order valence-corrected chi connectivity index (χ4v) is 2.88. The minimum absolute atomic E-state index is 0.164. The highest BCUT2D eigenvalue weighted by Crippen LogP contribution is 2.32. The highest BCUT2D eigenvalue weighted by molar-refractivity contribution is 5.88. The largest absolute Gasteiger partial charge is 0.367 e. The summed E-state index contributed by atoms with van der Waals surface area (Å²) in [6, 6.07) is 0. The third-order valence-electron chi connectivity index (χ3n) is 3.83. The fourth-order valence-electron chi connectivity index (χ4n) is 2.88. The SMILES string of the molecule is CCOC1(C(=O)Cc2cn(C)nn2)CCCCCC1. The Hall–Kier alpha value is -1.23. The van der Waals surface area contributed by atoms with Crippen molar-refractivity contribution in [3.63, 3.8) is 0 Å². The first-order valence-electron chi connectivity index (χ1n) is 7.19. The Morgan fingerprint density at radius 1 is 1.37 bits per heavy atom. The Balaban J connectivity index is 2.10. The van der Waals surface area contributed by atoms with Gasteiger partial charge in [0.1, 0.15) is 5.60 Å². The van der Waals surface area contributed by atoms with E-state index in [2.05, 4.69) is 10.3 Å². The molecule has 1 fully saturated rings. The first-order valence-corrected chi connectivity index (χ1v) is 7.19. The van der Waals surface area contributed by atoms with Crippen molar-refractivity contribution in [2.75, 3.05) is 6.61 Å². The van der Waals surface area contributed by atoms with Gasteiger partial charge in [0.05, 0.1) is 12.1 Å². The second-order valence-corrected chi connectivity index (χ2v) is 5.33. The van der Waals surface area contributed by atoms with Crippen LogP contribution in [0.5, 0.6) is 0 Å². The summed E-state index contributed by atoms with van der Waals surface area (Å²) in [5.74, 6) is 0.164. The number of carbonyl (C=O) groups excluding carboxylic acids is 1. The summed E-state index contributed by atoms with van der Waals surface area (Å²) in [4.78, 5) is 12.6. The summed E-state index contributed by atoms with van der Waals surface area (Å²) < 4.78 is 7.51. The van der Waals surface area contributed by atoms with Gasteiger partial charge < -0.3 is 4.74 Å². The molecule has 1 aliphatic rings. The second kappa shape index (κ2) is 6.28. The number of hydrogen-bond donors (Lipinski definition) is 0. The standard InChI is InChI=1S/C14H23N3O2/c1-3-19-14(8-6-4-5-7-9-14)13(18)10-12-11-17(2)16-15-12/h11H,3-10H2,1-2H3. The lowest BCUT2D eigenvalue weighted by Crippen LogP contribution is -2.42. The van der Waals surface area contributed by atoms with Crippen molar-refractivity contribution in [2.45, 2.75) is 57.5 Å². The van der Waals surface area contributed by atoms with Gasteiger partial charge in [-0.2, -0.15) is 0 Å². The molecule has 0 radical (unpaired) electrons. The van der Waals surface area contributed by atoms with Crippen molar-refractivity contribution in [1.82, 2.24) is 15.0 Å². The summed E-state index contributed by atoms with van der Waals surface area (Å²) in [5.41, 5.74) is 0.152. The van der Waals surface area contributed by atoms with E-state index < -0.39 is 5.60 Å². The van der Waals surface area contributed by atoms with Crippen LogP contribution in [0.3, 0.4) is 0 Å². The molecule has 1 aliphatic carbocycles. The maximum atomic E-state index is 12.6. The average Bonchev–Trinajstić information content (AvgIpc) is 2.65. The van der Waals surface area contributed by atoms with E-state index in [1.54, 1.807) is 10.9 Å². The number of aromatic nitrogens is 3. The van der Waals surface area contributed by atoms with Crippen molar-refractivity contribution in [3.8, 4) is 0 Å². The molecule has 0 saturated heterocycles. The minimum Gasteiger partial charge on any atom is -0.367 e. The van der Waals surface area contributed by atoms with Gasteiger partial charge in [-0.3, -0.25) is 9.48 Å². The Kier molecular flexibility index (Phi) is 4.69. The maximum Gasteiger partial charge on any atom is 0.170 e. The molecular weight excluding hydrogens is 242 g/mol. The van der Waals surface area contributed by atoms with Crippen LogP contribution in [0, 0.1) is 0 Å². The van der Waals surface area contributed by atoms with Gasteiger partial charge in [-0.05, 0) is 19.8 Å². The summed E-state index contributed by atoms with van der Waals surface area (Å²) >= 11 is 0. The number of carbonyl (C=O) groups is 1. The Morgan fingerprint density at radius 3 is 2.58 bits per heavy atom. The lowest BCUT2D eigenvalue weighted by atomic mass is 9.87. The first-order chi connectivity index (χ1) is 9.16. The highest BCUT2D eigenvalue weighted by atomic mass is 16.5. The number of ketones is 1. The van der Waals surface area contributed by atoms with Crippen molar-refractivity contribution in [3.05, 3.63) is 11.9 Å². The van der Waals surface area contributed by atoms with Gasteiger partial charge in [0.2, 0.25) is 0 Å². The number of hydrogen-bond acceptors (Lipinski definition) is 4. The predicted octanol–water partition coefficient (Wildman–Crippen LogP) is 2.06. The van der Waals surface area contributed by atoms with Crippen LogP contribution in [0.15, 0.2) is 6.20 Å². The molecule has 1 heterocycles. The van der Waals surface area contributed by atoms with Crippen molar-refractivity contribution in [1.29, 1.82) is 0 Å². The van der Waals surface area contributed by atoms with Crippen LogP contribution in [0.25, 0.3) is 0 Å². The molecular formula is C14H23N3O2. The zero-order valence-electron chi connectivity index (χ0n) is 11.9. The molecule has 0 aliphatic heterocycles. The Bertz CT molecular complexity index is 420. The molecule has 0 atom stereocenters. The zero-order valence-corrected chi connectivity index (χ0v) is 11.9. The molecule has 106 valence electrons. The van der Waals surface area contributed by atoms with E-state index >= 15 is 0 Å². The van der Waals surface area contributed by atoms with E-state index in [4.69, 9.17) is 4.74 Å². The quantitative estimate of drug-likeness (QED) is 0.765. The average molecular weight is 265 g/mol. The van der Waals surface area contributed by atoms with Crippen LogP contribution < -0.4 is 0 Å². The number of ether oxygens (including phenoxy) is 1. The van der Waals surface area contributed by atoms with E-state index in [0.29, 0.717) is 13.0 Å². The summed E-state index contributed by atoms with van der Waals surface area (Å²) in [7, 11) is 1.81. The maximum absolute atomic E-state index is 12.6. The van der Waals surface area contributed by atoms with Gasteiger partial charge in [0.25, 0.3) is 0 Å². The molecule has 5 nitrogen and oxygen atoms in total. The molecule has 0 bridgehead atoms. The van der Waals surface area contributed by atoms with Gasteiger partial charge in [-0.25, -0.2) is 0 Å². The van der Waals surface area contributed by atoms with Gasteiger partial charge in [-0.1, -0.05) is 30.9 Å². The van der Waals surface area contributed by atoms with Crippen LogP contribution in [0.1, 0.15) is 51.1 Å². The Morgan fingerprint density at radius 2 is 2.05 bits per heavy atom. The molecule has 1 saturated carbocycles. The topological polar surface area (TPSA) is 57.0 Å². The third kappa shape index (κ3) is 3.41. The molecule has 0 amide bonds. The number of rotatable bonds is 5. The van der Waals surface area contributed by atoms with Crippen LogP contribution in [-0.2, 0) is 23.0 Å². The fraction of sp³-hybridized carbons (Fsp3) is 0.786. The summed E-state index contributed by atoms with van der Waals surface area (Å²) in [6.07, 6.45) is 8.38. The lowest BCUT2D eigenvalue weighted by Gasteiger charge is -2.30. The number of nitrogens with zero attached hydrogens (tertiary/aromatic N) is 3. The molecule has 0 N–H and O–H groups in total. The van der Waals surface area contributed by atoms with Crippen LogP contribution in [-0.4, -0.2) is 33.0 Å². The second-order valence-electron chi connectivity index (χ2n) is 5.33. The first kappa shape index (κ1) is 14.2. The molecule has 0 aromatic carbocycles. The number of aryl methyl sites for hydroxylation is 1. The Labute approximate surface area is 114 Å². The molecule has 0 spiro atoms. The summed E-state index contributed by atoms with van der Waals surface area (Å²) in [6.45, 7) is 2.55. The molecule has 1 aromatic rings. The van der Waals surface area contributed by atoms with Gasteiger partial charge in [-0.15, -0.1) is 5.10 Å². The molecule has 1 aromatic heterocycles. The summed E-state index contributed by atoms with van der Waals surface area (Å²) in [5, 5.41) is 7.88. The zero-order chi connectivity index (χ0) is 13.7. The van der Waals surface area contributed by atoms with E-state index in [1.165, 1.54) is 12.8 Å². The van der Waals surface area contributed by atoms with Crippen molar-refractivity contribution in [2.24, 2.45) is 7.05 Å². The molecule has 2 rings (SSSR count). The normalized spacial score (nSPS) is 19.1. The molecule has 19 heavy (non-hydrogen) atoms. The third-order valence-corrected chi connectivity index (χ3v) is 3.83. The number of Topliss-reactive ketones (excluding diaryl/α,β-unsaturated/α-hetero) is 1. The monoisotopic (exact) mass is 265 g/mol. The lowest BCUT2D eigenvalue weighted by molar-refractivity contribution is -0.145. The van der Waals surface area contributed by atoms with Crippen LogP contribution in [0.4, 0.5) is 0 Å². The van der Waals surface area contributed by atoms with Crippen LogP contribution in [0.2, 0.25) is 0 Å². The highest BCUT2D eigenvalue weighted by Gasteiger charge is 2.39. The van der Waals surface area contributed by atoms with E-state index in [1.807, 2.05) is 14.0 Å². The van der Waals surface area contributed by atoms with Gasteiger partial charge in [0, 0.05) is 19.9 Å². The van der Waals surface area contributed by atoms with Gasteiger partial charge >= 0.3 is 0 Å².